The lowest BCUT2D eigenvalue weighted by Crippen LogP contribution is -2.40. The number of para-hydroxylation sites is 1. The van der Waals surface area contributed by atoms with Crippen LogP contribution in [-0.2, 0) is 22.5 Å². The van der Waals surface area contributed by atoms with E-state index in [4.69, 9.17) is 15.5 Å². The van der Waals surface area contributed by atoms with Crippen molar-refractivity contribution in [3.8, 4) is 0 Å². The number of ether oxygens (including phenoxy) is 1. The fourth-order valence-corrected chi connectivity index (χ4v) is 4.19. The number of carbonyl (C=O) groups excluding carboxylic acids is 1. The summed E-state index contributed by atoms with van der Waals surface area (Å²) < 4.78 is 7.65. The van der Waals surface area contributed by atoms with Crippen LogP contribution in [0.2, 0.25) is 0 Å². The van der Waals surface area contributed by atoms with Crippen molar-refractivity contribution in [2.24, 2.45) is 0 Å². The van der Waals surface area contributed by atoms with Crippen molar-refractivity contribution in [1.82, 2.24) is 19.4 Å². The highest BCUT2D eigenvalue weighted by Gasteiger charge is 2.18. The maximum absolute atomic E-state index is 12.4. The van der Waals surface area contributed by atoms with Crippen molar-refractivity contribution < 1.29 is 9.53 Å². The highest BCUT2D eigenvalue weighted by Crippen LogP contribution is 2.29. The number of aryl methyl sites for hydroxylation is 2. The molecule has 2 N–H and O–H groups in total. The fraction of sp³-hybridized carbons (Fsp3) is 0.522. The number of pyridine rings is 1. The first-order chi connectivity index (χ1) is 14.7. The van der Waals surface area contributed by atoms with Crippen molar-refractivity contribution in [1.29, 1.82) is 0 Å². The lowest BCUT2D eigenvalue weighted by atomic mass is 10.1. The second-order valence-corrected chi connectivity index (χ2v) is 7.94. The number of nitrogens with zero attached hydrogens (tertiary/aromatic N) is 4. The van der Waals surface area contributed by atoms with Gasteiger partial charge >= 0.3 is 0 Å². The first-order valence-electron chi connectivity index (χ1n) is 11.1. The number of nitrogen functional groups attached to an aromatic ring is 1. The standard InChI is InChI=1S/C23H31N5O2/c1-2-3-10-19-26-21-22(17-8-4-5-9-18(17)25-23(21)24)28(19)12-7-6-11-20(29)27-13-15-30-16-14-27/h4-5,8-9H,2-3,6-7,10-16H2,1H3,(H2,24,25). The van der Waals surface area contributed by atoms with E-state index >= 15 is 0 Å². The molecule has 0 spiro atoms. The van der Waals surface area contributed by atoms with Gasteiger partial charge in [0.1, 0.15) is 11.3 Å². The molecule has 0 aliphatic carbocycles. The Labute approximate surface area is 177 Å². The van der Waals surface area contributed by atoms with Crippen LogP contribution in [0.3, 0.4) is 0 Å². The smallest absolute Gasteiger partial charge is 0.222 e. The molecule has 1 fully saturated rings. The van der Waals surface area contributed by atoms with Crippen molar-refractivity contribution >= 4 is 33.7 Å². The molecular formula is C23H31N5O2. The molecule has 0 saturated carbocycles. The van der Waals surface area contributed by atoms with Gasteiger partial charge in [0.05, 0.1) is 24.2 Å². The summed E-state index contributed by atoms with van der Waals surface area (Å²) in [7, 11) is 0. The van der Waals surface area contributed by atoms with Crippen LogP contribution < -0.4 is 5.73 Å². The number of morpholine rings is 1. The second kappa shape index (κ2) is 9.43. The summed E-state index contributed by atoms with van der Waals surface area (Å²) in [5, 5.41) is 1.08. The number of anilines is 1. The van der Waals surface area contributed by atoms with E-state index in [-0.39, 0.29) is 5.91 Å². The summed E-state index contributed by atoms with van der Waals surface area (Å²) in [6.45, 7) is 5.75. The Morgan fingerprint density at radius 2 is 1.93 bits per heavy atom. The van der Waals surface area contributed by atoms with E-state index in [1.165, 1.54) is 0 Å². The van der Waals surface area contributed by atoms with Gasteiger partial charge in [-0.15, -0.1) is 0 Å². The molecular weight excluding hydrogens is 378 g/mol. The fourth-order valence-electron chi connectivity index (χ4n) is 4.19. The molecule has 1 aliphatic rings. The topological polar surface area (TPSA) is 86.3 Å². The third-order valence-corrected chi connectivity index (χ3v) is 5.83. The number of carbonyl (C=O) groups is 1. The van der Waals surface area contributed by atoms with Gasteiger partial charge in [-0.2, -0.15) is 0 Å². The quantitative estimate of drug-likeness (QED) is 0.575. The molecule has 3 heterocycles. The average molecular weight is 410 g/mol. The molecule has 2 aromatic heterocycles. The van der Waals surface area contributed by atoms with Crippen LogP contribution in [0.5, 0.6) is 0 Å². The third-order valence-electron chi connectivity index (χ3n) is 5.83. The summed E-state index contributed by atoms with van der Waals surface area (Å²) >= 11 is 0. The van der Waals surface area contributed by atoms with Gasteiger partial charge in [0.25, 0.3) is 0 Å². The first kappa shape index (κ1) is 20.6. The Morgan fingerprint density at radius 3 is 2.73 bits per heavy atom. The van der Waals surface area contributed by atoms with E-state index in [0.717, 1.165) is 66.4 Å². The van der Waals surface area contributed by atoms with E-state index in [2.05, 4.69) is 22.5 Å². The van der Waals surface area contributed by atoms with Gasteiger partial charge in [-0.1, -0.05) is 31.5 Å². The van der Waals surface area contributed by atoms with Gasteiger partial charge in [0, 0.05) is 37.9 Å². The molecule has 0 radical (unpaired) electrons. The monoisotopic (exact) mass is 409 g/mol. The lowest BCUT2D eigenvalue weighted by Gasteiger charge is -2.26. The van der Waals surface area contributed by atoms with E-state index in [0.29, 0.717) is 38.5 Å². The second-order valence-electron chi connectivity index (χ2n) is 7.94. The average Bonchev–Trinajstić information content (AvgIpc) is 3.15. The van der Waals surface area contributed by atoms with Crippen molar-refractivity contribution in [3.63, 3.8) is 0 Å². The predicted molar refractivity (Wildman–Crippen MR) is 119 cm³/mol. The van der Waals surface area contributed by atoms with Gasteiger partial charge in [0.2, 0.25) is 5.91 Å². The third kappa shape index (κ3) is 4.26. The molecule has 7 heteroatoms. The molecule has 0 unspecified atom stereocenters. The number of benzene rings is 1. The zero-order valence-corrected chi connectivity index (χ0v) is 17.8. The van der Waals surface area contributed by atoms with Crippen LogP contribution in [0.25, 0.3) is 21.9 Å². The molecule has 1 amide bonds. The summed E-state index contributed by atoms with van der Waals surface area (Å²) in [4.78, 5) is 23.8. The van der Waals surface area contributed by atoms with E-state index in [1.54, 1.807) is 0 Å². The molecule has 1 aliphatic heterocycles. The van der Waals surface area contributed by atoms with Gasteiger partial charge < -0.3 is 19.9 Å². The van der Waals surface area contributed by atoms with Crippen LogP contribution in [0.1, 0.15) is 44.9 Å². The number of fused-ring (bicyclic) bond motifs is 3. The Morgan fingerprint density at radius 1 is 1.13 bits per heavy atom. The van der Waals surface area contributed by atoms with E-state index < -0.39 is 0 Å². The highest BCUT2D eigenvalue weighted by atomic mass is 16.5. The van der Waals surface area contributed by atoms with Crippen molar-refractivity contribution in [2.45, 2.75) is 52.0 Å². The number of hydrogen-bond donors (Lipinski definition) is 1. The number of hydrogen-bond acceptors (Lipinski definition) is 5. The van der Waals surface area contributed by atoms with Crippen LogP contribution >= 0.6 is 0 Å². The highest BCUT2D eigenvalue weighted by molar-refractivity contribution is 6.06. The number of imidazole rings is 1. The van der Waals surface area contributed by atoms with E-state index in [9.17, 15) is 4.79 Å². The molecule has 1 aromatic carbocycles. The number of amides is 1. The largest absolute Gasteiger partial charge is 0.382 e. The van der Waals surface area contributed by atoms with E-state index in [1.807, 2.05) is 23.1 Å². The molecule has 4 rings (SSSR count). The summed E-state index contributed by atoms with van der Waals surface area (Å²) in [5.41, 5.74) is 9.03. The summed E-state index contributed by atoms with van der Waals surface area (Å²) in [6, 6.07) is 8.10. The van der Waals surface area contributed by atoms with Crippen molar-refractivity contribution in [2.75, 3.05) is 32.0 Å². The predicted octanol–water partition coefficient (Wildman–Crippen LogP) is 3.54. The summed E-state index contributed by atoms with van der Waals surface area (Å²) in [5.74, 6) is 1.79. The molecule has 3 aromatic rings. The minimum absolute atomic E-state index is 0.235. The van der Waals surface area contributed by atoms with Crippen LogP contribution in [0, 0.1) is 0 Å². The maximum atomic E-state index is 12.4. The number of aromatic nitrogens is 3. The lowest BCUT2D eigenvalue weighted by molar-refractivity contribution is -0.135. The molecule has 0 atom stereocenters. The summed E-state index contributed by atoms with van der Waals surface area (Å²) in [6.07, 6.45) is 5.50. The Balaban J connectivity index is 1.54. The Bertz CT molecular complexity index is 1020. The number of rotatable bonds is 8. The Hall–Kier alpha value is -2.67. The number of nitrogens with two attached hydrogens (primary N) is 1. The maximum Gasteiger partial charge on any atom is 0.222 e. The van der Waals surface area contributed by atoms with Crippen LogP contribution in [-0.4, -0.2) is 51.6 Å². The molecule has 0 bridgehead atoms. The minimum atomic E-state index is 0.235. The van der Waals surface area contributed by atoms with Gasteiger partial charge in [-0.05, 0) is 25.3 Å². The van der Waals surface area contributed by atoms with Crippen LogP contribution in [0.4, 0.5) is 5.82 Å². The normalized spacial score (nSPS) is 14.6. The molecule has 30 heavy (non-hydrogen) atoms. The molecule has 7 nitrogen and oxygen atoms in total. The Kier molecular flexibility index (Phi) is 6.47. The zero-order chi connectivity index (χ0) is 20.9. The minimum Gasteiger partial charge on any atom is -0.382 e. The van der Waals surface area contributed by atoms with Gasteiger partial charge in [-0.3, -0.25) is 4.79 Å². The van der Waals surface area contributed by atoms with Crippen LogP contribution in [0.15, 0.2) is 24.3 Å². The molecule has 160 valence electrons. The SMILES string of the molecule is CCCCc1nc2c(N)nc3ccccc3c2n1CCCCC(=O)N1CCOCC1. The van der Waals surface area contributed by atoms with Gasteiger partial charge in [-0.25, -0.2) is 9.97 Å². The zero-order valence-electron chi connectivity index (χ0n) is 17.8. The molecule has 1 saturated heterocycles. The van der Waals surface area contributed by atoms with Gasteiger partial charge in [0.15, 0.2) is 5.82 Å². The van der Waals surface area contributed by atoms with Crippen molar-refractivity contribution in [3.05, 3.63) is 30.1 Å². The number of unbranched alkanes of at least 4 members (excludes halogenated alkanes) is 2. The first-order valence-corrected chi connectivity index (χ1v) is 11.1.